The highest BCUT2D eigenvalue weighted by Gasteiger charge is 2.09. The number of nitrogens with one attached hydrogen (secondary N) is 4. The fraction of sp³-hybridized carbons (Fsp3) is 0.500. The van der Waals surface area contributed by atoms with Crippen molar-refractivity contribution in [3.8, 4) is 0 Å². The molecular formula is C10H15N5O2. The summed E-state index contributed by atoms with van der Waals surface area (Å²) in [5.74, 6) is 0.681. The van der Waals surface area contributed by atoms with Gasteiger partial charge in [0.15, 0.2) is 5.65 Å². The molecule has 7 heteroatoms. The molecular weight excluding hydrogens is 222 g/mol. The Balaban J connectivity index is 2.35. The molecule has 2 aromatic heterocycles. The van der Waals surface area contributed by atoms with Gasteiger partial charge >= 0.3 is 5.69 Å². The predicted molar refractivity (Wildman–Crippen MR) is 64.2 cm³/mol. The zero-order chi connectivity index (χ0) is 12.4. The van der Waals surface area contributed by atoms with Crippen LogP contribution in [-0.2, 0) is 6.42 Å². The highest BCUT2D eigenvalue weighted by Crippen LogP contribution is 2.03. The lowest BCUT2D eigenvalue weighted by Gasteiger charge is -2.09. The van der Waals surface area contributed by atoms with Gasteiger partial charge in [0.2, 0.25) is 0 Å². The number of aromatic nitrogens is 4. The fourth-order valence-corrected chi connectivity index (χ4v) is 1.79. The zero-order valence-electron chi connectivity index (χ0n) is 9.76. The summed E-state index contributed by atoms with van der Waals surface area (Å²) in [7, 11) is 0. The first kappa shape index (κ1) is 11.6. The second-order valence-corrected chi connectivity index (χ2v) is 3.98. The van der Waals surface area contributed by atoms with Gasteiger partial charge in [0.25, 0.3) is 5.56 Å². The molecule has 0 amide bonds. The van der Waals surface area contributed by atoms with E-state index in [2.05, 4.69) is 25.3 Å². The first-order valence-corrected chi connectivity index (χ1v) is 5.54. The Morgan fingerprint density at radius 2 is 2.06 bits per heavy atom. The van der Waals surface area contributed by atoms with E-state index in [-0.39, 0.29) is 6.04 Å². The van der Waals surface area contributed by atoms with E-state index in [1.54, 1.807) is 0 Å². The molecule has 17 heavy (non-hydrogen) atoms. The number of hydrogen-bond donors (Lipinski definition) is 4. The Morgan fingerprint density at radius 3 is 2.76 bits per heavy atom. The highest BCUT2D eigenvalue weighted by molar-refractivity contribution is 5.68. The van der Waals surface area contributed by atoms with Crippen molar-refractivity contribution < 1.29 is 0 Å². The third kappa shape index (κ3) is 2.44. The Hall–Kier alpha value is -1.89. The Labute approximate surface area is 96.7 Å². The predicted octanol–water partition coefficient (Wildman–Crippen LogP) is -0.520. The van der Waals surface area contributed by atoms with Crippen LogP contribution in [0.3, 0.4) is 0 Å². The van der Waals surface area contributed by atoms with E-state index in [9.17, 15) is 9.59 Å². The molecule has 0 fully saturated rings. The van der Waals surface area contributed by atoms with Crippen LogP contribution in [0.15, 0.2) is 9.59 Å². The molecule has 0 saturated carbocycles. The third-order valence-electron chi connectivity index (χ3n) is 2.49. The van der Waals surface area contributed by atoms with Crippen LogP contribution in [-0.4, -0.2) is 32.5 Å². The van der Waals surface area contributed by atoms with Crippen LogP contribution in [0.5, 0.6) is 0 Å². The average molecular weight is 237 g/mol. The molecule has 7 nitrogen and oxygen atoms in total. The number of aromatic amines is 3. The van der Waals surface area contributed by atoms with E-state index in [1.807, 2.05) is 13.8 Å². The van der Waals surface area contributed by atoms with E-state index in [0.717, 1.165) is 6.54 Å². The van der Waals surface area contributed by atoms with Crippen LogP contribution in [0.25, 0.3) is 11.2 Å². The molecule has 4 N–H and O–H groups in total. The van der Waals surface area contributed by atoms with Crippen LogP contribution in [0, 0.1) is 0 Å². The molecule has 0 aliphatic heterocycles. The highest BCUT2D eigenvalue weighted by atomic mass is 16.2. The van der Waals surface area contributed by atoms with Gasteiger partial charge in [-0.3, -0.25) is 14.8 Å². The standard InChI is InChI=1S/C10H15N5O2/c1-3-11-5(2)4-6-12-7-8(13-6)14-10(17)15-9(7)16/h5,11H,3-4H2,1-2H3,(H3,12,13,14,15,16,17). The van der Waals surface area contributed by atoms with Gasteiger partial charge in [-0.15, -0.1) is 0 Å². The zero-order valence-corrected chi connectivity index (χ0v) is 9.76. The number of rotatable bonds is 4. The maximum Gasteiger partial charge on any atom is 0.327 e. The minimum absolute atomic E-state index is 0.256. The van der Waals surface area contributed by atoms with Gasteiger partial charge in [-0.2, -0.15) is 0 Å². The smallest absolute Gasteiger partial charge is 0.327 e. The first-order valence-electron chi connectivity index (χ1n) is 5.54. The molecule has 2 rings (SSSR count). The third-order valence-corrected chi connectivity index (χ3v) is 2.49. The van der Waals surface area contributed by atoms with Crippen molar-refractivity contribution in [1.29, 1.82) is 0 Å². The Bertz CT molecular complexity index is 623. The minimum Gasteiger partial charge on any atom is -0.336 e. The second-order valence-electron chi connectivity index (χ2n) is 3.98. The van der Waals surface area contributed by atoms with E-state index in [0.29, 0.717) is 23.4 Å². The largest absolute Gasteiger partial charge is 0.336 e. The summed E-state index contributed by atoms with van der Waals surface area (Å²) in [6.45, 7) is 4.93. The van der Waals surface area contributed by atoms with Gasteiger partial charge in [0.1, 0.15) is 11.3 Å². The fourth-order valence-electron chi connectivity index (χ4n) is 1.79. The van der Waals surface area contributed by atoms with Crippen molar-refractivity contribution in [2.24, 2.45) is 0 Å². The minimum atomic E-state index is -0.541. The Kier molecular flexibility index (Phi) is 3.10. The molecule has 0 aliphatic carbocycles. The summed E-state index contributed by atoms with van der Waals surface area (Å²) < 4.78 is 0. The number of imidazole rings is 1. The van der Waals surface area contributed by atoms with Crippen molar-refractivity contribution in [2.75, 3.05) is 6.54 Å². The van der Waals surface area contributed by atoms with Crippen LogP contribution >= 0.6 is 0 Å². The molecule has 0 radical (unpaired) electrons. The number of likely N-dealkylation sites (N-methyl/N-ethyl adjacent to an activating group) is 1. The topological polar surface area (TPSA) is 106 Å². The van der Waals surface area contributed by atoms with E-state index in [4.69, 9.17) is 0 Å². The van der Waals surface area contributed by atoms with Crippen LogP contribution in [0.4, 0.5) is 0 Å². The van der Waals surface area contributed by atoms with Crippen LogP contribution < -0.4 is 16.6 Å². The van der Waals surface area contributed by atoms with Crippen molar-refractivity contribution in [3.63, 3.8) is 0 Å². The normalized spacial score (nSPS) is 13.1. The van der Waals surface area contributed by atoms with Gasteiger partial charge in [0, 0.05) is 12.5 Å². The number of fused-ring (bicyclic) bond motifs is 1. The molecule has 0 bridgehead atoms. The maximum absolute atomic E-state index is 11.5. The lowest BCUT2D eigenvalue weighted by Crippen LogP contribution is -2.27. The average Bonchev–Trinajstić information content (AvgIpc) is 2.60. The lowest BCUT2D eigenvalue weighted by molar-refractivity contribution is 0.555. The van der Waals surface area contributed by atoms with Gasteiger partial charge in [-0.05, 0) is 13.5 Å². The molecule has 0 aromatic carbocycles. The molecule has 0 saturated heterocycles. The van der Waals surface area contributed by atoms with Crippen LogP contribution in [0.1, 0.15) is 19.7 Å². The lowest BCUT2D eigenvalue weighted by atomic mass is 10.2. The quantitative estimate of drug-likeness (QED) is 0.574. The summed E-state index contributed by atoms with van der Waals surface area (Å²) >= 11 is 0. The van der Waals surface area contributed by atoms with Gasteiger partial charge in [0.05, 0.1) is 0 Å². The second kappa shape index (κ2) is 4.54. The summed E-state index contributed by atoms with van der Waals surface area (Å²) in [4.78, 5) is 34.3. The summed E-state index contributed by atoms with van der Waals surface area (Å²) in [6.07, 6.45) is 0.671. The van der Waals surface area contributed by atoms with Gasteiger partial charge < -0.3 is 10.3 Å². The van der Waals surface area contributed by atoms with Crippen molar-refractivity contribution in [2.45, 2.75) is 26.3 Å². The van der Waals surface area contributed by atoms with Gasteiger partial charge in [-0.1, -0.05) is 6.92 Å². The molecule has 0 spiro atoms. The molecule has 0 aliphatic rings. The monoisotopic (exact) mass is 237 g/mol. The number of H-pyrrole nitrogens is 3. The van der Waals surface area contributed by atoms with E-state index >= 15 is 0 Å². The van der Waals surface area contributed by atoms with Crippen molar-refractivity contribution >= 4 is 11.2 Å². The Morgan fingerprint density at radius 1 is 1.29 bits per heavy atom. The molecule has 92 valence electrons. The molecule has 2 aromatic rings. The first-order chi connectivity index (χ1) is 8.10. The van der Waals surface area contributed by atoms with Crippen LogP contribution in [0.2, 0.25) is 0 Å². The molecule has 1 atom stereocenters. The summed E-state index contributed by atoms with van der Waals surface area (Å²) in [5.41, 5.74) is -0.375. The summed E-state index contributed by atoms with van der Waals surface area (Å²) in [5, 5.41) is 3.25. The van der Waals surface area contributed by atoms with E-state index in [1.165, 1.54) is 0 Å². The molecule has 2 heterocycles. The molecule has 1 unspecified atom stereocenters. The number of hydrogen-bond acceptors (Lipinski definition) is 4. The van der Waals surface area contributed by atoms with Crippen molar-refractivity contribution in [1.82, 2.24) is 25.3 Å². The van der Waals surface area contributed by atoms with Gasteiger partial charge in [-0.25, -0.2) is 9.78 Å². The number of nitrogens with zero attached hydrogens (tertiary/aromatic N) is 1. The van der Waals surface area contributed by atoms with Crippen molar-refractivity contribution in [3.05, 3.63) is 26.7 Å². The summed E-state index contributed by atoms with van der Waals surface area (Å²) in [6, 6.07) is 0.256. The maximum atomic E-state index is 11.5. The van der Waals surface area contributed by atoms with E-state index < -0.39 is 11.2 Å². The SMILES string of the molecule is CCNC(C)Cc1nc2[nH]c(=O)[nH]c(=O)c2[nH]1.